The fourth-order valence-corrected chi connectivity index (χ4v) is 1.35. The molecule has 1 aromatic carbocycles. The molecule has 0 spiro atoms. The summed E-state index contributed by atoms with van der Waals surface area (Å²) in [5.74, 6) is 1.25. The molecule has 0 aromatic heterocycles. The van der Waals surface area contributed by atoms with Gasteiger partial charge >= 0.3 is 0 Å². The van der Waals surface area contributed by atoms with Crippen molar-refractivity contribution in [1.29, 1.82) is 0 Å². The molecule has 0 saturated heterocycles. The van der Waals surface area contributed by atoms with Crippen molar-refractivity contribution in [2.75, 3.05) is 25.1 Å². The van der Waals surface area contributed by atoms with E-state index in [9.17, 15) is 8.78 Å². The summed E-state index contributed by atoms with van der Waals surface area (Å²) in [6.07, 6.45) is -2.36. The quantitative estimate of drug-likeness (QED) is 0.837. The number of hydrogen-bond acceptors (Lipinski definition) is 3. The van der Waals surface area contributed by atoms with Gasteiger partial charge in [-0.15, -0.1) is 0 Å². The second-order valence-electron chi connectivity index (χ2n) is 3.13. The number of fused-ring (bicyclic) bond motifs is 1. The molecular formula is C10H11F2NO2. The number of rotatable bonds is 3. The lowest BCUT2D eigenvalue weighted by Crippen LogP contribution is -2.16. The SMILES string of the molecule is FC(F)CNc1ccc2c(c1)OCCO2. The number of anilines is 1. The van der Waals surface area contributed by atoms with Gasteiger partial charge in [-0.2, -0.15) is 0 Å². The molecule has 1 aliphatic heterocycles. The van der Waals surface area contributed by atoms with E-state index in [1.165, 1.54) is 0 Å². The first kappa shape index (κ1) is 10.0. The maximum Gasteiger partial charge on any atom is 0.255 e. The summed E-state index contributed by atoms with van der Waals surface area (Å²) >= 11 is 0. The Bertz CT molecular complexity index is 344. The van der Waals surface area contributed by atoms with E-state index in [1.807, 2.05) is 0 Å². The van der Waals surface area contributed by atoms with Gasteiger partial charge in [0.2, 0.25) is 0 Å². The maximum atomic E-state index is 11.9. The van der Waals surface area contributed by atoms with Crippen LogP contribution >= 0.6 is 0 Å². The Morgan fingerprint density at radius 2 is 1.93 bits per heavy atom. The fraction of sp³-hybridized carbons (Fsp3) is 0.400. The van der Waals surface area contributed by atoms with Gasteiger partial charge in [-0.1, -0.05) is 0 Å². The summed E-state index contributed by atoms with van der Waals surface area (Å²) in [5, 5.41) is 2.61. The van der Waals surface area contributed by atoms with E-state index >= 15 is 0 Å². The molecule has 0 bridgehead atoms. The minimum atomic E-state index is -2.36. The minimum absolute atomic E-state index is 0.361. The van der Waals surface area contributed by atoms with Crippen LogP contribution in [0.15, 0.2) is 18.2 Å². The van der Waals surface area contributed by atoms with Crippen molar-refractivity contribution in [3.05, 3.63) is 18.2 Å². The molecular weight excluding hydrogens is 204 g/mol. The number of alkyl halides is 2. The van der Waals surface area contributed by atoms with Crippen LogP contribution in [0.25, 0.3) is 0 Å². The summed E-state index contributed by atoms with van der Waals surface area (Å²) in [5.41, 5.74) is 0.611. The van der Waals surface area contributed by atoms with E-state index in [0.717, 1.165) is 0 Å². The molecule has 0 fully saturated rings. The molecule has 0 atom stereocenters. The van der Waals surface area contributed by atoms with Gasteiger partial charge < -0.3 is 14.8 Å². The standard InChI is InChI=1S/C10H11F2NO2/c11-10(12)6-13-7-1-2-8-9(5-7)15-4-3-14-8/h1-2,5,10,13H,3-4,6H2. The Morgan fingerprint density at radius 1 is 1.20 bits per heavy atom. The lowest BCUT2D eigenvalue weighted by Gasteiger charge is -2.19. The zero-order chi connectivity index (χ0) is 10.7. The van der Waals surface area contributed by atoms with Crippen molar-refractivity contribution in [1.82, 2.24) is 0 Å². The topological polar surface area (TPSA) is 30.5 Å². The second kappa shape index (κ2) is 4.33. The zero-order valence-electron chi connectivity index (χ0n) is 8.00. The Kier molecular flexibility index (Phi) is 2.89. The number of hydrogen-bond donors (Lipinski definition) is 1. The van der Waals surface area contributed by atoms with Gasteiger partial charge in [0.05, 0.1) is 6.54 Å². The smallest absolute Gasteiger partial charge is 0.255 e. The Morgan fingerprint density at radius 3 is 2.67 bits per heavy atom. The first-order valence-corrected chi connectivity index (χ1v) is 4.67. The van der Waals surface area contributed by atoms with E-state index in [1.54, 1.807) is 18.2 Å². The molecule has 0 saturated carbocycles. The van der Waals surface area contributed by atoms with Crippen LogP contribution in [0.1, 0.15) is 0 Å². The van der Waals surface area contributed by atoms with Gasteiger partial charge in [0.1, 0.15) is 13.2 Å². The predicted octanol–water partition coefficient (Wildman–Crippen LogP) is 2.13. The molecule has 1 heterocycles. The Hall–Kier alpha value is -1.52. The summed E-state index contributed by atoms with van der Waals surface area (Å²) in [6, 6.07) is 5.06. The highest BCUT2D eigenvalue weighted by Gasteiger charge is 2.11. The average molecular weight is 215 g/mol. The third-order valence-electron chi connectivity index (χ3n) is 2.00. The molecule has 1 N–H and O–H groups in total. The molecule has 2 rings (SSSR count). The molecule has 0 unspecified atom stereocenters. The van der Waals surface area contributed by atoms with E-state index in [4.69, 9.17) is 9.47 Å². The zero-order valence-corrected chi connectivity index (χ0v) is 8.00. The highest BCUT2D eigenvalue weighted by Crippen LogP contribution is 2.32. The molecule has 0 aliphatic carbocycles. The molecule has 3 nitrogen and oxygen atoms in total. The lowest BCUT2D eigenvalue weighted by atomic mass is 10.2. The van der Waals surface area contributed by atoms with Crippen LogP contribution in [0.5, 0.6) is 11.5 Å². The summed E-state index contributed by atoms with van der Waals surface area (Å²) < 4.78 is 34.5. The normalized spacial score (nSPS) is 14.1. The molecule has 0 amide bonds. The molecule has 1 aromatic rings. The average Bonchev–Trinajstić information content (AvgIpc) is 2.26. The largest absolute Gasteiger partial charge is 0.486 e. The lowest BCUT2D eigenvalue weighted by molar-refractivity contribution is 0.163. The number of nitrogens with one attached hydrogen (secondary N) is 1. The van der Waals surface area contributed by atoms with Crippen LogP contribution < -0.4 is 14.8 Å². The fourth-order valence-electron chi connectivity index (χ4n) is 1.35. The summed E-state index contributed by atoms with van der Waals surface area (Å²) in [4.78, 5) is 0. The second-order valence-corrected chi connectivity index (χ2v) is 3.13. The van der Waals surface area contributed by atoms with Gasteiger partial charge in [0.25, 0.3) is 6.43 Å². The highest BCUT2D eigenvalue weighted by molar-refractivity contribution is 5.55. The van der Waals surface area contributed by atoms with Crippen molar-refractivity contribution >= 4 is 5.69 Å². The van der Waals surface area contributed by atoms with Gasteiger partial charge in [0.15, 0.2) is 11.5 Å². The maximum absolute atomic E-state index is 11.9. The van der Waals surface area contributed by atoms with E-state index in [0.29, 0.717) is 30.4 Å². The summed E-state index contributed by atoms with van der Waals surface area (Å²) in [7, 11) is 0. The van der Waals surface area contributed by atoms with Gasteiger partial charge in [0, 0.05) is 11.8 Å². The first-order chi connectivity index (χ1) is 7.25. The van der Waals surface area contributed by atoms with Crippen LogP contribution in [0.4, 0.5) is 14.5 Å². The number of benzene rings is 1. The Labute approximate surface area is 86.0 Å². The van der Waals surface area contributed by atoms with Crippen molar-refractivity contribution in [2.45, 2.75) is 6.43 Å². The van der Waals surface area contributed by atoms with Gasteiger partial charge in [-0.25, -0.2) is 8.78 Å². The molecule has 1 aliphatic rings. The summed E-state index contributed by atoms with van der Waals surface area (Å²) in [6.45, 7) is 0.655. The van der Waals surface area contributed by atoms with Crippen LogP contribution in [0.3, 0.4) is 0 Å². The van der Waals surface area contributed by atoms with Crippen molar-refractivity contribution in [3.8, 4) is 11.5 Å². The first-order valence-electron chi connectivity index (χ1n) is 4.67. The van der Waals surface area contributed by atoms with E-state index in [2.05, 4.69) is 5.32 Å². The van der Waals surface area contributed by atoms with Crippen LogP contribution in [0.2, 0.25) is 0 Å². The minimum Gasteiger partial charge on any atom is -0.486 e. The van der Waals surface area contributed by atoms with Gasteiger partial charge in [-0.05, 0) is 12.1 Å². The monoisotopic (exact) mass is 215 g/mol. The molecule has 5 heteroatoms. The molecule has 15 heavy (non-hydrogen) atoms. The predicted molar refractivity (Wildman–Crippen MR) is 51.9 cm³/mol. The van der Waals surface area contributed by atoms with E-state index in [-0.39, 0.29) is 6.54 Å². The molecule has 0 radical (unpaired) electrons. The number of halogens is 2. The third-order valence-corrected chi connectivity index (χ3v) is 2.00. The van der Waals surface area contributed by atoms with Gasteiger partial charge in [-0.3, -0.25) is 0 Å². The Balaban J connectivity index is 2.07. The van der Waals surface area contributed by atoms with Crippen LogP contribution in [-0.2, 0) is 0 Å². The number of ether oxygens (including phenoxy) is 2. The third kappa shape index (κ3) is 2.49. The van der Waals surface area contributed by atoms with E-state index < -0.39 is 6.43 Å². The van der Waals surface area contributed by atoms with Crippen molar-refractivity contribution in [2.24, 2.45) is 0 Å². The van der Waals surface area contributed by atoms with Crippen molar-refractivity contribution < 1.29 is 18.3 Å². The van der Waals surface area contributed by atoms with Crippen LogP contribution in [0, 0.1) is 0 Å². The molecule has 82 valence electrons. The van der Waals surface area contributed by atoms with Crippen molar-refractivity contribution in [3.63, 3.8) is 0 Å². The highest BCUT2D eigenvalue weighted by atomic mass is 19.3. The van der Waals surface area contributed by atoms with Crippen LogP contribution in [-0.4, -0.2) is 26.2 Å².